The van der Waals surface area contributed by atoms with Crippen LogP contribution in [0.25, 0.3) is 0 Å². The first-order chi connectivity index (χ1) is 5.54. The molecule has 1 aliphatic rings. The maximum absolute atomic E-state index is 10.8. The molecule has 0 heterocycles. The summed E-state index contributed by atoms with van der Waals surface area (Å²) in [5.74, 6) is -0.227. The Hall–Kier alpha value is -0.280. The van der Waals surface area contributed by atoms with Crippen molar-refractivity contribution in [3.63, 3.8) is 0 Å². The van der Waals surface area contributed by atoms with Gasteiger partial charge >= 0.3 is 5.97 Å². The quantitative estimate of drug-likeness (QED) is 0.665. The van der Waals surface area contributed by atoms with Crippen LogP contribution in [0.2, 0.25) is 0 Å². The Balaban J connectivity index is 0.00000144. The number of carbonyl (C=O) groups excluding carboxylic acids is 1. The van der Waals surface area contributed by atoms with Crippen molar-refractivity contribution < 1.29 is 9.53 Å². The molecule has 0 aromatic carbocycles. The van der Waals surface area contributed by atoms with Crippen molar-refractivity contribution in [2.45, 2.75) is 51.2 Å². The highest BCUT2D eigenvalue weighted by Crippen LogP contribution is 2.30. The van der Waals surface area contributed by atoms with E-state index in [9.17, 15) is 4.79 Å². The van der Waals surface area contributed by atoms with Crippen molar-refractivity contribution in [1.29, 1.82) is 0 Å². The fraction of sp³-hybridized carbons (Fsp3) is 0.889. The smallest absolute Gasteiger partial charge is 0.303 e. The molecule has 13 heavy (non-hydrogen) atoms. The molecule has 0 saturated heterocycles. The summed E-state index contributed by atoms with van der Waals surface area (Å²) in [4.78, 5) is 10.8. The van der Waals surface area contributed by atoms with Crippen molar-refractivity contribution >= 4 is 18.4 Å². The molecule has 1 unspecified atom stereocenters. The Kier molecular flexibility index (Phi) is 4.71. The Bertz CT molecular complexity index is 186. The minimum Gasteiger partial charge on any atom is -0.458 e. The van der Waals surface area contributed by atoms with Crippen LogP contribution >= 0.6 is 12.4 Å². The van der Waals surface area contributed by atoms with Gasteiger partial charge in [-0.1, -0.05) is 6.42 Å². The second-order valence-electron chi connectivity index (χ2n) is 3.76. The van der Waals surface area contributed by atoms with E-state index >= 15 is 0 Å². The van der Waals surface area contributed by atoms with Crippen LogP contribution in [0, 0.1) is 0 Å². The summed E-state index contributed by atoms with van der Waals surface area (Å²) in [6.07, 6.45) is 4.12. The van der Waals surface area contributed by atoms with Gasteiger partial charge in [-0.3, -0.25) is 4.79 Å². The van der Waals surface area contributed by atoms with Crippen molar-refractivity contribution in [3.8, 4) is 0 Å². The summed E-state index contributed by atoms with van der Waals surface area (Å²) < 4.78 is 5.23. The van der Waals surface area contributed by atoms with Crippen LogP contribution in [-0.2, 0) is 9.53 Å². The van der Waals surface area contributed by atoms with E-state index in [4.69, 9.17) is 10.5 Å². The molecule has 1 saturated carbocycles. The molecule has 0 radical (unpaired) electrons. The van der Waals surface area contributed by atoms with Gasteiger partial charge in [0.2, 0.25) is 0 Å². The van der Waals surface area contributed by atoms with Gasteiger partial charge in [0.15, 0.2) is 0 Å². The second kappa shape index (κ2) is 4.82. The second-order valence-corrected chi connectivity index (χ2v) is 3.76. The lowest BCUT2D eigenvalue weighted by Gasteiger charge is -2.38. The van der Waals surface area contributed by atoms with E-state index in [1.165, 1.54) is 6.92 Å². The Labute approximate surface area is 85.4 Å². The zero-order valence-corrected chi connectivity index (χ0v) is 9.02. The maximum atomic E-state index is 10.8. The molecule has 0 bridgehead atoms. The fourth-order valence-electron chi connectivity index (χ4n) is 1.79. The monoisotopic (exact) mass is 207 g/mol. The third kappa shape index (κ3) is 3.16. The third-order valence-electron chi connectivity index (χ3n) is 2.60. The Morgan fingerprint density at radius 1 is 1.54 bits per heavy atom. The molecule has 3 nitrogen and oxygen atoms in total. The van der Waals surface area contributed by atoms with Gasteiger partial charge in [-0.2, -0.15) is 0 Å². The molecule has 0 amide bonds. The molecule has 2 N–H and O–H groups in total. The van der Waals surface area contributed by atoms with Crippen molar-refractivity contribution in [2.75, 3.05) is 0 Å². The van der Waals surface area contributed by atoms with Crippen molar-refractivity contribution in [3.05, 3.63) is 0 Å². The van der Waals surface area contributed by atoms with Gasteiger partial charge < -0.3 is 10.5 Å². The number of hydrogen-bond acceptors (Lipinski definition) is 3. The van der Waals surface area contributed by atoms with E-state index in [1.807, 2.05) is 6.92 Å². The van der Waals surface area contributed by atoms with E-state index in [-0.39, 0.29) is 24.4 Å². The number of rotatable bonds is 1. The fourth-order valence-corrected chi connectivity index (χ4v) is 1.79. The number of nitrogens with two attached hydrogens (primary N) is 1. The zero-order valence-electron chi connectivity index (χ0n) is 8.21. The lowest BCUT2D eigenvalue weighted by molar-refractivity contribution is -0.160. The molecular formula is C9H18ClNO2. The van der Waals surface area contributed by atoms with E-state index in [0.717, 1.165) is 25.7 Å². The van der Waals surface area contributed by atoms with Crippen molar-refractivity contribution in [2.24, 2.45) is 5.73 Å². The third-order valence-corrected chi connectivity index (χ3v) is 2.60. The minimum absolute atomic E-state index is 0. The van der Waals surface area contributed by atoms with Crippen LogP contribution in [0.3, 0.4) is 0 Å². The predicted molar refractivity (Wildman–Crippen MR) is 53.9 cm³/mol. The Morgan fingerprint density at radius 2 is 2.15 bits per heavy atom. The molecule has 4 heteroatoms. The average molecular weight is 208 g/mol. The summed E-state index contributed by atoms with van der Waals surface area (Å²) >= 11 is 0. The normalized spacial score (nSPS) is 33.3. The lowest BCUT2D eigenvalue weighted by atomic mass is 9.82. The number of esters is 1. The maximum Gasteiger partial charge on any atom is 0.303 e. The summed E-state index contributed by atoms with van der Waals surface area (Å²) in [7, 11) is 0. The summed E-state index contributed by atoms with van der Waals surface area (Å²) in [6, 6.07) is 0.00940. The molecule has 0 aliphatic heterocycles. The number of carbonyl (C=O) groups is 1. The van der Waals surface area contributed by atoms with Crippen molar-refractivity contribution in [1.82, 2.24) is 0 Å². The molecule has 78 valence electrons. The van der Waals surface area contributed by atoms with Gasteiger partial charge in [-0.15, -0.1) is 12.4 Å². The van der Waals surface area contributed by atoms with Crippen LogP contribution < -0.4 is 5.73 Å². The highest BCUT2D eigenvalue weighted by atomic mass is 35.5. The van der Waals surface area contributed by atoms with Crippen LogP contribution in [0.4, 0.5) is 0 Å². The molecule has 0 aromatic heterocycles. The van der Waals surface area contributed by atoms with Crippen LogP contribution in [-0.4, -0.2) is 17.6 Å². The van der Waals surface area contributed by atoms with E-state index < -0.39 is 5.60 Å². The number of halogens is 1. The van der Waals surface area contributed by atoms with Gasteiger partial charge in [0.05, 0.1) is 0 Å². The summed E-state index contributed by atoms with van der Waals surface area (Å²) in [5, 5.41) is 0. The molecule has 0 aromatic rings. The summed E-state index contributed by atoms with van der Waals surface area (Å²) in [6.45, 7) is 3.37. The first kappa shape index (κ1) is 12.7. The molecule has 2 atom stereocenters. The van der Waals surface area contributed by atoms with Crippen LogP contribution in [0.15, 0.2) is 0 Å². The summed E-state index contributed by atoms with van der Waals surface area (Å²) in [5.41, 5.74) is 5.47. The van der Waals surface area contributed by atoms with E-state index in [1.54, 1.807) is 0 Å². The van der Waals surface area contributed by atoms with Gasteiger partial charge in [0.25, 0.3) is 0 Å². The SMILES string of the molecule is CC(=O)O[C@@]1(C)CCCCC1N.Cl. The molecule has 1 aliphatic carbocycles. The van der Waals surface area contributed by atoms with Gasteiger partial charge in [0, 0.05) is 13.0 Å². The van der Waals surface area contributed by atoms with E-state index in [2.05, 4.69) is 0 Å². The van der Waals surface area contributed by atoms with E-state index in [0.29, 0.717) is 0 Å². The van der Waals surface area contributed by atoms with Gasteiger partial charge in [-0.25, -0.2) is 0 Å². The molecule has 0 spiro atoms. The lowest BCUT2D eigenvalue weighted by Crippen LogP contribution is -2.50. The van der Waals surface area contributed by atoms with Crippen LogP contribution in [0.1, 0.15) is 39.5 Å². The zero-order chi connectivity index (χ0) is 9.19. The first-order valence-corrected chi connectivity index (χ1v) is 4.50. The first-order valence-electron chi connectivity index (χ1n) is 4.50. The molecule has 1 fully saturated rings. The standard InChI is InChI=1S/C9H17NO2.ClH/c1-7(11)12-9(2)6-4-3-5-8(9)10;/h8H,3-6,10H2,1-2H3;1H/t8?,9-;/m0./s1. The van der Waals surface area contributed by atoms with Crippen LogP contribution in [0.5, 0.6) is 0 Å². The minimum atomic E-state index is -0.413. The largest absolute Gasteiger partial charge is 0.458 e. The highest BCUT2D eigenvalue weighted by molar-refractivity contribution is 5.85. The molecular weight excluding hydrogens is 190 g/mol. The Morgan fingerprint density at radius 3 is 2.62 bits per heavy atom. The average Bonchev–Trinajstić information content (AvgIpc) is 1.94. The topological polar surface area (TPSA) is 52.3 Å². The van der Waals surface area contributed by atoms with Gasteiger partial charge in [-0.05, 0) is 26.2 Å². The predicted octanol–water partition coefficient (Wildman–Crippen LogP) is 1.63. The van der Waals surface area contributed by atoms with Gasteiger partial charge in [0.1, 0.15) is 5.60 Å². The highest BCUT2D eigenvalue weighted by Gasteiger charge is 2.36. The number of hydrogen-bond donors (Lipinski definition) is 1. The molecule has 1 rings (SSSR count). The number of ether oxygens (including phenoxy) is 1.